The molecular weight excluding hydrogens is 581 g/mol. The first-order chi connectivity index (χ1) is 16.9. The van der Waals surface area contributed by atoms with Crippen molar-refractivity contribution >= 4 is 53.0 Å². The molecule has 0 aliphatic carbocycles. The number of hydrogen-bond acceptors (Lipinski definition) is 7. The molecule has 0 saturated carbocycles. The molecule has 7 nitrogen and oxygen atoms in total. The highest BCUT2D eigenvalue weighted by Crippen LogP contribution is 2.34. The number of benzene rings is 3. The Morgan fingerprint density at radius 2 is 1.77 bits per heavy atom. The molecule has 35 heavy (non-hydrogen) atoms. The quantitative estimate of drug-likeness (QED) is 0.151. The second-order valence-electron chi connectivity index (χ2n) is 7.66. The van der Waals surface area contributed by atoms with Crippen LogP contribution in [0.15, 0.2) is 72.8 Å². The van der Waals surface area contributed by atoms with E-state index in [0.29, 0.717) is 17.0 Å². The Hall–Kier alpha value is -2.92. The summed E-state index contributed by atoms with van der Waals surface area (Å²) in [5.74, 6) is -0.0393. The van der Waals surface area contributed by atoms with Gasteiger partial charge in [-0.1, -0.05) is 35.9 Å². The number of para-hydroxylation sites is 1. The van der Waals surface area contributed by atoms with E-state index >= 15 is 0 Å². The molecule has 2 atom stereocenters. The van der Waals surface area contributed by atoms with Crippen LogP contribution in [0.5, 0.6) is 11.5 Å². The number of halogens is 1. The van der Waals surface area contributed by atoms with E-state index in [9.17, 15) is 14.7 Å². The lowest BCUT2D eigenvalue weighted by molar-refractivity contribution is -0.141. The second-order valence-corrected chi connectivity index (χ2v) is 9.22. The Morgan fingerprint density at radius 1 is 1.06 bits per heavy atom. The SMILES string of the molecule is Cc1ccc(NC(=O)O[C@@H](c2cc(I)ccc2O)[C@H](CCOC(=O)CS)Oc2ccccc2)cc1. The van der Waals surface area contributed by atoms with Gasteiger partial charge in [-0.3, -0.25) is 10.1 Å². The van der Waals surface area contributed by atoms with Gasteiger partial charge in [0.05, 0.1) is 12.4 Å². The second kappa shape index (κ2) is 13.2. The number of esters is 1. The van der Waals surface area contributed by atoms with Crippen molar-refractivity contribution in [2.45, 2.75) is 25.6 Å². The standard InChI is InChI=1S/C26H26INO6S/c1-17-7-10-19(11-8-17)28-26(31)34-25(21-15-18(27)9-12-22(21)29)23(13-14-32-24(30)16-35)33-20-5-3-2-4-6-20/h2-12,15,23,25,29,35H,13-14,16H2,1H3,(H,28,31)/t23-,25-/m0/s1. The number of anilines is 1. The molecule has 1 amide bonds. The van der Waals surface area contributed by atoms with Gasteiger partial charge in [-0.25, -0.2) is 4.79 Å². The van der Waals surface area contributed by atoms with Crippen LogP contribution in [0.25, 0.3) is 0 Å². The molecule has 0 aromatic heterocycles. The van der Waals surface area contributed by atoms with Crippen LogP contribution in [0.1, 0.15) is 23.7 Å². The van der Waals surface area contributed by atoms with Gasteiger partial charge in [0.2, 0.25) is 0 Å². The molecule has 0 unspecified atom stereocenters. The Balaban J connectivity index is 1.90. The maximum atomic E-state index is 12.9. The van der Waals surface area contributed by atoms with Gasteiger partial charge in [0.25, 0.3) is 0 Å². The van der Waals surface area contributed by atoms with Gasteiger partial charge in [0.1, 0.15) is 17.6 Å². The van der Waals surface area contributed by atoms with Crippen molar-refractivity contribution in [3.8, 4) is 11.5 Å². The van der Waals surface area contributed by atoms with Crippen LogP contribution < -0.4 is 10.1 Å². The van der Waals surface area contributed by atoms with Crippen LogP contribution in [-0.2, 0) is 14.3 Å². The first-order valence-corrected chi connectivity index (χ1v) is 12.6. The number of aryl methyl sites for hydroxylation is 1. The average Bonchev–Trinajstić information content (AvgIpc) is 2.85. The molecule has 0 fully saturated rings. The van der Waals surface area contributed by atoms with Crippen molar-refractivity contribution < 1.29 is 28.9 Å². The van der Waals surface area contributed by atoms with Gasteiger partial charge in [0, 0.05) is 21.2 Å². The topological polar surface area (TPSA) is 94.1 Å². The molecule has 0 radical (unpaired) electrons. The Morgan fingerprint density at radius 3 is 2.46 bits per heavy atom. The van der Waals surface area contributed by atoms with Gasteiger partial charge < -0.3 is 19.3 Å². The highest BCUT2D eigenvalue weighted by Gasteiger charge is 2.32. The predicted octanol–water partition coefficient (Wildman–Crippen LogP) is 5.91. The van der Waals surface area contributed by atoms with E-state index in [-0.39, 0.29) is 24.5 Å². The number of carbonyl (C=O) groups excluding carboxylic acids is 2. The van der Waals surface area contributed by atoms with Crippen molar-refractivity contribution in [2.24, 2.45) is 0 Å². The van der Waals surface area contributed by atoms with E-state index in [0.717, 1.165) is 9.13 Å². The lowest BCUT2D eigenvalue weighted by Crippen LogP contribution is -2.32. The smallest absolute Gasteiger partial charge is 0.412 e. The minimum Gasteiger partial charge on any atom is -0.508 e. The monoisotopic (exact) mass is 607 g/mol. The molecule has 0 aliphatic rings. The number of nitrogens with one attached hydrogen (secondary N) is 1. The van der Waals surface area contributed by atoms with Gasteiger partial charge in [-0.05, 0) is 72.0 Å². The maximum Gasteiger partial charge on any atom is 0.412 e. The van der Waals surface area contributed by atoms with E-state index in [1.165, 1.54) is 6.07 Å². The minimum atomic E-state index is -1.01. The molecule has 0 bridgehead atoms. The first kappa shape index (κ1) is 26.7. The summed E-state index contributed by atoms with van der Waals surface area (Å²) in [5, 5.41) is 13.3. The predicted molar refractivity (Wildman–Crippen MR) is 145 cm³/mol. The molecule has 9 heteroatoms. The van der Waals surface area contributed by atoms with Crippen LogP contribution in [0.2, 0.25) is 0 Å². The van der Waals surface area contributed by atoms with Crippen LogP contribution in [0.3, 0.4) is 0 Å². The Bertz CT molecular complexity index is 1130. The zero-order valence-corrected chi connectivity index (χ0v) is 22.1. The average molecular weight is 607 g/mol. The summed E-state index contributed by atoms with van der Waals surface area (Å²) in [6, 6.07) is 21.3. The number of hydrogen-bond donors (Lipinski definition) is 3. The zero-order chi connectivity index (χ0) is 25.2. The fraction of sp³-hybridized carbons (Fsp3) is 0.231. The number of rotatable bonds is 10. The van der Waals surface area contributed by atoms with E-state index in [4.69, 9.17) is 14.2 Å². The molecule has 0 spiro atoms. The summed E-state index contributed by atoms with van der Waals surface area (Å²) in [5.41, 5.74) is 1.99. The Kier molecular flexibility index (Phi) is 10.1. The minimum absolute atomic E-state index is 0.0149. The molecule has 3 rings (SSSR count). The summed E-state index contributed by atoms with van der Waals surface area (Å²) in [6.45, 7) is 1.96. The third-order valence-electron chi connectivity index (χ3n) is 4.99. The highest BCUT2D eigenvalue weighted by atomic mass is 127. The number of amides is 1. The summed E-state index contributed by atoms with van der Waals surface area (Å²) in [6.07, 6.45) is -2.31. The fourth-order valence-corrected chi connectivity index (χ4v) is 3.88. The molecule has 3 aromatic rings. The first-order valence-electron chi connectivity index (χ1n) is 10.9. The third-order valence-corrected chi connectivity index (χ3v) is 5.92. The number of phenols is 1. The largest absolute Gasteiger partial charge is 0.508 e. The van der Waals surface area contributed by atoms with E-state index in [1.807, 2.05) is 37.3 Å². The molecular formula is C26H26INO6S. The van der Waals surface area contributed by atoms with E-state index in [2.05, 4.69) is 40.5 Å². The third kappa shape index (κ3) is 8.36. The normalized spacial score (nSPS) is 12.3. The van der Waals surface area contributed by atoms with Crippen molar-refractivity contribution in [2.75, 3.05) is 17.7 Å². The van der Waals surface area contributed by atoms with Crippen molar-refractivity contribution in [3.63, 3.8) is 0 Å². The number of aromatic hydroxyl groups is 1. The van der Waals surface area contributed by atoms with Crippen LogP contribution in [0, 0.1) is 10.5 Å². The van der Waals surface area contributed by atoms with Crippen molar-refractivity contribution in [3.05, 3.63) is 87.5 Å². The van der Waals surface area contributed by atoms with E-state index in [1.54, 1.807) is 36.4 Å². The van der Waals surface area contributed by atoms with Crippen LogP contribution in [-0.4, -0.2) is 35.6 Å². The zero-order valence-electron chi connectivity index (χ0n) is 19.0. The lowest BCUT2D eigenvalue weighted by atomic mass is 10.0. The number of thiol groups is 1. The summed E-state index contributed by atoms with van der Waals surface area (Å²) >= 11 is 6.04. The van der Waals surface area contributed by atoms with Crippen LogP contribution >= 0.6 is 35.2 Å². The molecule has 2 N–H and O–H groups in total. The molecule has 0 saturated heterocycles. The summed E-state index contributed by atoms with van der Waals surface area (Å²) < 4.78 is 18.0. The number of ether oxygens (including phenoxy) is 3. The number of carbonyl (C=O) groups is 2. The van der Waals surface area contributed by atoms with Crippen molar-refractivity contribution in [1.29, 1.82) is 0 Å². The molecule has 184 valence electrons. The fourth-order valence-electron chi connectivity index (χ4n) is 3.27. The van der Waals surface area contributed by atoms with Gasteiger partial charge in [-0.15, -0.1) is 0 Å². The van der Waals surface area contributed by atoms with Gasteiger partial charge in [-0.2, -0.15) is 12.6 Å². The van der Waals surface area contributed by atoms with Crippen molar-refractivity contribution in [1.82, 2.24) is 0 Å². The number of phenolic OH excluding ortho intramolecular Hbond substituents is 1. The highest BCUT2D eigenvalue weighted by molar-refractivity contribution is 14.1. The summed E-state index contributed by atoms with van der Waals surface area (Å²) in [4.78, 5) is 24.5. The molecule has 0 aliphatic heterocycles. The molecule has 3 aromatic carbocycles. The van der Waals surface area contributed by atoms with Crippen LogP contribution in [0.4, 0.5) is 10.5 Å². The van der Waals surface area contributed by atoms with Gasteiger partial charge >= 0.3 is 12.1 Å². The van der Waals surface area contributed by atoms with E-state index < -0.39 is 24.3 Å². The maximum absolute atomic E-state index is 12.9. The van der Waals surface area contributed by atoms with Gasteiger partial charge in [0.15, 0.2) is 6.10 Å². The lowest BCUT2D eigenvalue weighted by Gasteiger charge is -2.29. The summed E-state index contributed by atoms with van der Waals surface area (Å²) in [7, 11) is 0. The Labute approximate surface area is 223 Å². The molecule has 0 heterocycles.